The minimum atomic E-state index is -0.532. The third-order valence-electron chi connectivity index (χ3n) is 7.96. The van der Waals surface area contributed by atoms with Gasteiger partial charge in [-0.25, -0.2) is 4.39 Å². The molecule has 5 rings (SSSR count). The van der Waals surface area contributed by atoms with Crippen molar-refractivity contribution in [3.63, 3.8) is 0 Å². The molecule has 38 heavy (non-hydrogen) atoms. The number of carbonyl (C=O) groups excluding carboxylic acids is 2. The van der Waals surface area contributed by atoms with Gasteiger partial charge in [0.15, 0.2) is 0 Å². The molecule has 2 aliphatic rings. The summed E-state index contributed by atoms with van der Waals surface area (Å²) in [4.78, 5) is 31.6. The number of benzene rings is 3. The van der Waals surface area contributed by atoms with Crippen LogP contribution in [0.5, 0.6) is 0 Å². The first kappa shape index (κ1) is 26.0. The summed E-state index contributed by atoms with van der Waals surface area (Å²) in [5.74, 6) is -1.49. The van der Waals surface area contributed by atoms with Crippen LogP contribution in [0.1, 0.15) is 60.6 Å². The summed E-state index contributed by atoms with van der Waals surface area (Å²) in [5.41, 5.74) is 3.67. The fourth-order valence-corrected chi connectivity index (χ4v) is 5.96. The van der Waals surface area contributed by atoms with Gasteiger partial charge in [-0.2, -0.15) is 0 Å². The van der Waals surface area contributed by atoms with E-state index in [1.165, 1.54) is 6.07 Å². The number of halogens is 1. The summed E-state index contributed by atoms with van der Waals surface area (Å²) in [6.45, 7) is 8.75. The topological polar surface area (TPSA) is 52.7 Å². The smallest absolute Gasteiger partial charge is 0.257 e. The Morgan fingerprint density at radius 1 is 0.974 bits per heavy atom. The van der Waals surface area contributed by atoms with Crippen molar-refractivity contribution in [1.29, 1.82) is 0 Å². The number of rotatable bonds is 5. The van der Waals surface area contributed by atoms with Crippen LogP contribution in [0.4, 0.5) is 15.8 Å². The molecule has 6 heteroatoms. The van der Waals surface area contributed by atoms with Crippen molar-refractivity contribution in [3.05, 3.63) is 95.3 Å². The highest BCUT2D eigenvalue weighted by atomic mass is 19.1. The molecule has 0 aromatic heterocycles. The molecule has 3 aromatic carbocycles. The van der Waals surface area contributed by atoms with Crippen molar-refractivity contribution in [2.24, 2.45) is 11.3 Å². The molecule has 2 atom stereocenters. The SMILES string of the molecule is Cc1cccc(F)c1C(=O)N1CCC[C@H](C(=O)Nc2cccc(N3CCC(C)(C)C3)c2)C1c1ccccc1. The number of anilines is 2. The normalized spacial score (nSPS) is 20.8. The predicted molar refractivity (Wildman–Crippen MR) is 150 cm³/mol. The number of carbonyl (C=O) groups is 2. The van der Waals surface area contributed by atoms with E-state index in [0.29, 0.717) is 24.9 Å². The number of aryl methyl sites for hydroxylation is 1. The second kappa shape index (κ2) is 10.6. The molecular formula is C32H36FN3O2. The van der Waals surface area contributed by atoms with E-state index >= 15 is 0 Å². The van der Waals surface area contributed by atoms with Gasteiger partial charge < -0.3 is 15.1 Å². The average molecular weight is 514 g/mol. The molecule has 2 heterocycles. The zero-order valence-electron chi connectivity index (χ0n) is 22.4. The van der Waals surface area contributed by atoms with Crippen LogP contribution < -0.4 is 10.2 Å². The molecule has 0 spiro atoms. The highest BCUT2D eigenvalue weighted by Crippen LogP contribution is 2.39. The van der Waals surface area contributed by atoms with Crippen LogP contribution in [0.3, 0.4) is 0 Å². The van der Waals surface area contributed by atoms with E-state index in [1.807, 2.05) is 48.5 Å². The van der Waals surface area contributed by atoms with Gasteiger partial charge in [-0.15, -0.1) is 0 Å². The summed E-state index contributed by atoms with van der Waals surface area (Å²) in [7, 11) is 0. The molecule has 0 aliphatic carbocycles. The van der Waals surface area contributed by atoms with Gasteiger partial charge in [-0.05, 0) is 67.0 Å². The monoisotopic (exact) mass is 513 g/mol. The van der Waals surface area contributed by atoms with Crippen LogP contribution in [0, 0.1) is 24.1 Å². The lowest BCUT2D eigenvalue weighted by Gasteiger charge is -2.41. The van der Waals surface area contributed by atoms with Crippen LogP contribution in [0.15, 0.2) is 72.8 Å². The van der Waals surface area contributed by atoms with Gasteiger partial charge in [0, 0.05) is 31.0 Å². The van der Waals surface area contributed by atoms with Gasteiger partial charge in [0.2, 0.25) is 5.91 Å². The molecule has 5 nitrogen and oxygen atoms in total. The second-order valence-corrected chi connectivity index (χ2v) is 11.4. The van der Waals surface area contributed by atoms with Gasteiger partial charge in [0.05, 0.1) is 17.5 Å². The Kier molecular flexibility index (Phi) is 7.24. The highest BCUT2D eigenvalue weighted by molar-refractivity contribution is 5.98. The number of likely N-dealkylation sites (tertiary alicyclic amines) is 1. The zero-order chi connectivity index (χ0) is 26.9. The minimum absolute atomic E-state index is 0.0794. The fourth-order valence-electron chi connectivity index (χ4n) is 5.96. The standard InChI is InChI=1S/C32H36FN3O2/c1-22-10-7-16-27(33)28(22)31(38)36-18-9-15-26(29(36)23-11-5-4-6-12-23)30(37)34-24-13-8-14-25(20-24)35-19-17-32(2,3)21-35/h4-8,10-14,16,20,26,29H,9,15,17-19,21H2,1-3H3,(H,34,37)/t26-,29?/m0/s1. The Morgan fingerprint density at radius 2 is 1.74 bits per heavy atom. The largest absolute Gasteiger partial charge is 0.371 e. The molecule has 2 fully saturated rings. The maximum absolute atomic E-state index is 14.8. The summed E-state index contributed by atoms with van der Waals surface area (Å²) in [5, 5.41) is 3.14. The van der Waals surface area contributed by atoms with Crippen LogP contribution in [0.2, 0.25) is 0 Å². The Balaban J connectivity index is 1.43. The van der Waals surface area contributed by atoms with E-state index in [4.69, 9.17) is 0 Å². The third kappa shape index (κ3) is 5.31. The summed E-state index contributed by atoms with van der Waals surface area (Å²) in [6, 6.07) is 21.8. The first-order valence-corrected chi connectivity index (χ1v) is 13.5. The summed E-state index contributed by atoms with van der Waals surface area (Å²) in [6.07, 6.45) is 2.45. The summed E-state index contributed by atoms with van der Waals surface area (Å²) >= 11 is 0. The Bertz CT molecular complexity index is 1300. The third-order valence-corrected chi connectivity index (χ3v) is 7.96. The predicted octanol–water partition coefficient (Wildman–Crippen LogP) is 6.60. The van der Waals surface area contributed by atoms with E-state index in [0.717, 1.165) is 36.4 Å². The number of amides is 2. The Morgan fingerprint density at radius 3 is 2.45 bits per heavy atom. The quantitative estimate of drug-likeness (QED) is 0.418. The number of hydrogen-bond acceptors (Lipinski definition) is 3. The molecule has 1 N–H and O–H groups in total. The molecule has 2 saturated heterocycles. The zero-order valence-corrected chi connectivity index (χ0v) is 22.4. The maximum Gasteiger partial charge on any atom is 0.257 e. The van der Waals surface area contributed by atoms with E-state index in [1.54, 1.807) is 24.0 Å². The average Bonchev–Trinajstić information content (AvgIpc) is 3.28. The molecule has 2 amide bonds. The molecule has 0 bridgehead atoms. The van der Waals surface area contributed by atoms with Gasteiger partial charge in [0.25, 0.3) is 5.91 Å². The van der Waals surface area contributed by atoms with Crippen molar-refractivity contribution in [2.75, 3.05) is 29.9 Å². The molecule has 2 aliphatic heterocycles. The van der Waals surface area contributed by atoms with Gasteiger partial charge >= 0.3 is 0 Å². The molecule has 0 radical (unpaired) electrons. The first-order chi connectivity index (χ1) is 18.2. The van der Waals surface area contributed by atoms with Crippen LogP contribution in [-0.4, -0.2) is 36.3 Å². The van der Waals surface area contributed by atoms with E-state index in [2.05, 4.69) is 30.1 Å². The number of nitrogens with zero attached hydrogens (tertiary/aromatic N) is 2. The van der Waals surface area contributed by atoms with E-state index in [9.17, 15) is 14.0 Å². The number of hydrogen-bond donors (Lipinski definition) is 1. The van der Waals surface area contributed by atoms with Crippen molar-refractivity contribution in [1.82, 2.24) is 4.90 Å². The Hall–Kier alpha value is -3.67. The second-order valence-electron chi connectivity index (χ2n) is 11.4. The van der Waals surface area contributed by atoms with E-state index < -0.39 is 17.8 Å². The lowest BCUT2D eigenvalue weighted by molar-refractivity contribution is -0.123. The fraction of sp³-hybridized carbons (Fsp3) is 0.375. The van der Waals surface area contributed by atoms with Crippen molar-refractivity contribution in [2.45, 2.75) is 46.1 Å². The highest BCUT2D eigenvalue weighted by Gasteiger charge is 2.40. The van der Waals surface area contributed by atoms with Gasteiger partial charge in [0.1, 0.15) is 5.82 Å². The van der Waals surface area contributed by atoms with Crippen LogP contribution >= 0.6 is 0 Å². The molecule has 198 valence electrons. The number of piperidine rings is 1. The first-order valence-electron chi connectivity index (χ1n) is 13.5. The van der Waals surface area contributed by atoms with Gasteiger partial charge in [-0.3, -0.25) is 9.59 Å². The minimum Gasteiger partial charge on any atom is -0.371 e. The van der Waals surface area contributed by atoms with Crippen molar-refractivity contribution >= 4 is 23.2 Å². The van der Waals surface area contributed by atoms with E-state index in [-0.39, 0.29) is 22.8 Å². The number of nitrogens with one attached hydrogen (secondary N) is 1. The lowest BCUT2D eigenvalue weighted by atomic mass is 9.83. The van der Waals surface area contributed by atoms with Crippen LogP contribution in [0.25, 0.3) is 0 Å². The molecule has 3 aromatic rings. The van der Waals surface area contributed by atoms with Crippen LogP contribution in [-0.2, 0) is 4.79 Å². The van der Waals surface area contributed by atoms with Gasteiger partial charge in [-0.1, -0.05) is 62.4 Å². The Labute approximate surface area is 224 Å². The van der Waals surface area contributed by atoms with Crippen molar-refractivity contribution in [3.8, 4) is 0 Å². The summed E-state index contributed by atoms with van der Waals surface area (Å²) < 4.78 is 14.8. The molecular weight excluding hydrogens is 477 g/mol. The molecule has 0 saturated carbocycles. The maximum atomic E-state index is 14.8. The molecule has 1 unspecified atom stereocenters. The van der Waals surface area contributed by atoms with Crippen molar-refractivity contribution < 1.29 is 14.0 Å². The lowest BCUT2D eigenvalue weighted by Crippen LogP contribution is -2.46.